The maximum Gasteiger partial charge on any atom is 0.275 e. The molecule has 14 heavy (non-hydrogen) atoms. The van der Waals surface area contributed by atoms with E-state index < -0.39 is 0 Å². The van der Waals surface area contributed by atoms with Gasteiger partial charge in [-0.05, 0) is 18.6 Å². The van der Waals surface area contributed by atoms with Gasteiger partial charge in [-0.3, -0.25) is 0 Å². The molecule has 2 rings (SSSR count). The molecule has 4 heteroatoms. The van der Waals surface area contributed by atoms with Crippen LogP contribution < -0.4 is 4.68 Å². The minimum absolute atomic E-state index is 0.922. The molecular formula is C10H11N4+. The summed E-state index contributed by atoms with van der Waals surface area (Å²) in [6, 6.07) is 3.94. The molecule has 0 saturated carbocycles. The standard InChI is InChI=1S/C10H11N4/c1-8-4-3-5-12-10(8)9-6-11-7-13-14(9)2/h3-7H,1-2H3/q+1. The van der Waals surface area contributed by atoms with E-state index in [9.17, 15) is 0 Å². The van der Waals surface area contributed by atoms with Crippen molar-refractivity contribution in [2.24, 2.45) is 7.05 Å². The molecule has 2 aromatic rings. The Hall–Kier alpha value is -1.84. The quantitative estimate of drug-likeness (QED) is 0.616. The summed E-state index contributed by atoms with van der Waals surface area (Å²) in [6.45, 7) is 2.02. The number of rotatable bonds is 1. The van der Waals surface area contributed by atoms with Crippen molar-refractivity contribution in [2.75, 3.05) is 0 Å². The second-order valence-corrected chi connectivity index (χ2v) is 3.09. The molecule has 0 aliphatic heterocycles. The fourth-order valence-electron chi connectivity index (χ4n) is 1.33. The topological polar surface area (TPSA) is 42.6 Å². The fraction of sp³-hybridized carbons (Fsp3) is 0.200. The number of pyridine rings is 1. The average molecular weight is 187 g/mol. The normalized spacial score (nSPS) is 10.1. The predicted octanol–water partition coefficient (Wildman–Crippen LogP) is 0.672. The van der Waals surface area contributed by atoms with Crippen LogP contribution in [0.3, 0.4) is 0 Å². The van der Waals surface area contributed by atoms with Gasteiger partial charge in [-0.15, -0.1) is 0 Å². The Morgan fingerprint density at radius 3 is 2.93 bits per heavy atom. The van der Waals surface area contributed by atoms with Crippen molar-refractivity contribution in [3.8, 4) is 11.4 Å². The molecule has 2 heterocycles. The summed E-state index contributed by atoms with van der Waals surface area (Å²) in [5, 5.41) is 4.06. The predicted molar refractivity (Wildman–Crippen MR) is 51.2 cm³/mol. The van der Waals surface area contributed by atoms with Crippen LogP contribution in [0.2, 0.25) is 0 Å². The fourth-order valence-corrected chi connectivity index (χ4v) is 1.33. The molecule has 0 aliphatic carbocycles. The molecule has 70 valence electrons. The molecule has 0 aromatic carbocycles. The molecule has 2 aromatic heterocycles. The summed E-state index contributed by atoms with van der Waals surface area (Å²) in [7, 11) is 1.88. The summed E-state index contributed by atoms with van der Waals surface area (Å²) < 4.78 is 1.77. The molecule has 0 radical (unpaired) electrons. The first kappa shape index (κ1) is 8.74. The number of hydrogen-bond acceptors (Lipinski definition) is 3. The molecule has 0 atom stereocenters. The third-order valence-electron chi connectivity index (χ3n) is 2.09. The number of hydrogen-bond donors (Lipinski definition) is 0. The first-order valence-electron chi connectivity index (χ1n) is 4.37. The van der Waals surface area contributed by atoms with Crippen molar-refractivity contribution in [2.45, 2.75) is 6.92 Å². The third kappa shape index (κ3) is 1.46. The summed E-state index contributed by atoms with van der Waals surface area (Å²) in [4.78, 5) is 8.30. The monoisotopic (exact) mass is 187 g/mol. The Kier molecular flexibility index (Phi) is 2.18. The Morgan fingerprint density at radius 1 is 1.36 bits per heavy atom. The van der Waals surface area contributed by atoms with Crippen LogP contribution in [-0.4, -0.2) is 15.1 Å². The van der Waals surface area contributed by atoms with Crippen LogP contribution >= 0.6 is 0 Å². The van der Waals surface area contributed by atoms with Crippen molar-refractivity contribution in [3.63, 3.8) is 0 Å². The van der Waals surface area contributed by atoms with E-state index in [-0.39, 0.29) is 0 Å². The zero-order valence-corrected chi connectivity index (χ0v) is 8.18. The maximum absolute atomic E-state index is 4.31. The van der Waals surface area contributed by atoms with E-state index in [0.717, 1.165) is 17.0 Å². The van der Waals surface area contributed by atoms with Crippen LogP contribution in [0.25, 0.3) is 11.4 Å². The van der Waals surface area contributed by atoms with Crippen LogP contribution in [0.1, 0.15) is 5.56 Å². The first-order valence-corrected chi connectivity index (χ1v) is 4.37. The number of aryl methyl sites for hydroxylation is 2. The number of nitrogens with zero attached hydrogens (tertiary/aromatic N) is 4. The highest BCUT2D eigenvalue weighted by molar-refractivity contribution is 5.53. The second-order valence-electron chi connectivity index (χ2n) is 3.09. The SMILES string of the molecule is Cc1cccnc1-c1cncn[n+]1C. The van der Waals surface area contributed by atoms with Gasteiger partial charge in [0.1, 0.15) is 11.9 Å². The van der Waals surface area contributed by atoms with Gasteiger partial charge in [-0.25, -0.2) is 9.97 Å². The maximum atomic E-state index is 4.31. The first-order chi connectivity index (χ1) is 6.79. The van der Waals surface area contributed by atoms with E-state index in [1.165, 1.54) is 6.33 Å². The Balaban J connectivity index is 2.61. The molecule has 0 bridgehead atoms. The lowest BCUT2D eigenvalue weighted by Gasteiger charge is -1.99. The minimum Gasteiger partial charge on any atom is -0.249 e. The lowest BCUT2D eigenvalue weighted by Crippen LogP contribution is -2.35. The van der Waals surface area contributed by atoms with Crippen LogP contribution in [-0.2, 0) is 7.05 Å². The summed E-state index contributed by atoms with van der Waals surface area (Å²) in [5.74, 6) is 0. The smallest absolute Gasteiger partial charge is 0.249 e. The van der Waals surface area contributed by atoms with E-state index in [1.54, 1.807) is 17.1 Å². The van der Waals surface area contributed by atoms with Crippen molar-refractivity contribution < 1.29 is 4.68 Å². The Bertz CT molecular complexity index is 410. The summed E-state index contributed by atoms with van der Waals surface area (Å²) in [5.41, 5.74) is 2.97. The van der Waals surface area contributed by atoms with Gasteiger partial charge in [0.2, 0.25) is 0 Å². The van der Waals surface area contributed by atoms with Gasteiger partial charge in [0.25, 0.3) is 5.69 Å². The van der Waals surface area contributed by atoms with E-state index in [0.29, 0.717) is 0 Å². The molecule has 4 nitrogen and oxygen atoms in total. The summed E-state index contributed by atoms with van der Waals surface area (Å²) in [6.07, 6.45) is 5.06. The van der Waals surface area contributed by atoms with Gasteiger partial charge < -0.3 is 0 Å². The van der Waals surface area contributed by atoms with E-state index >= 15 is 0 Å². The van der Waals surface area contributed by atoms with Gasteiger partial charge in [0.15, 0.2) is 13.4 Å². The van der Waals surface area contributed by atoms with Crippen LogP contribution in [0.5, 0.6) is 0 Å². The third-order valence-corrected chi connectivity index (χ3v) is 2.09. The lowest BCUT2D eigenvalue weighted by atomic mass is 10.2. The molecular weight excluding hydrogens is 176 g/mol. The largest absolute Gasteiger partial charge is 0.275 e. The van der Waals surface area contributed by atoms with Crippen LogP contribution in [0, 0.1) is 6.92 Å². The van der Waals surface area contributed by atoms with Crippen molar-refractivity contribution in [1.82, 2.24) is 15.1 Å². The van der Waals surface area contributed by atoms with E-state index in [1.807, 2.05) is 26.1 Å². The zero-order chi connectivity index (χ0) is 9.97. The van der Waals surface area contributed by atoms with E-state index in [2.05, 4.69) is 15.1 Å². The van der Waals surface area contributed by atoms with E-state index in [4.69, 9.17) is 0 Å². The average Bonchev–Trinajstić information content (AvgIpc) is 2.20. The summed E-state index contributed by atoms with van der Waals surface area (Å²) >= 11 is 0. The highest BCUT2D eigenvalue weighted by Gasteiger charge is 2.13. The minimum atomic E-state index is 0.922. The number of aromatic nitrogens is 4. The Morgan fingerprint density at radius 2 is 2.21 bits per heavy atom. The van der Waals surface area contributed by atoms with Gasteiger partial charge in [0, 0.05) is 11.3 Å². The highest BCUT2D eigenvalue weighted by atomic mass is 15.3. The lowest BCUT2D eigenvalue weighted by molar-refractivity contribution is -0.721. The molecule has 0 N–H and O–H groups in total. The molecule has 0 amide bonds. The van der Waals surface area contributed by atoms with Gasteiger partial charge in [-0.2, -0.15) is 0 Å². The molecule has 0 spiro atoms. The van der Waals surface area contributed by atoms with Crippen molar-refractivity contribution in [1.29, 1.82) is 0 Å². The van der Waals surface area contributed by atoms with Gasteiger partial charge >= 0.3 is 0 Å². The molecule has 0 fully saturated rings. The second kappa shape index (κ2) is 3.49. The van der Waals surface area contributed by atoms with Crippen molar-refractivity contribution >= 4 is 0 Å². The van der Waals surface area contributed by atoms with Crippen molar-refractivity contribution in [3.05, 3.63) is 36.4 Å². The molecule has 0 aliphatic rings. The Labute approximate surface area is 82.3 Å². The highest BCUT2D eigenvalue weighted by Crippen LogP contribution is 2.14. The molecule has 0 unspecified atom stereocenters. The zero-order valence-electron chi connectivity index (χ0n) is 8.18. The van der Waals surface area contributed by atoms with Crippen LogP contribution in [0.4, 0.5) is 0 Å². The van der Waals surface area contributed by atoms with Gasteiger partial charge in [-0.1, -0.05) is 10.7 Å². The van der Waals surface area contributed by atoms with Gasteiger partial charge in [0.05, 0.1) is 0 Å². The molecule has 0 saturated heterocycles. The van der Waals surface area contributed by atoms with Crippen LogP contribution in [0.15, 0.2) is 30.9 Å².